The first-order chi connectivity index (χ1) is 9.73. The van der Waals surface area contributed by atoms with Crippen LogP contribution in [0.1, 0.15) is 40.5 Å². The molecule has 0 aliphatic carbocycles. The molecular formula is C16H23NO3S. The van der Waals surface area contributed by atoms with E-state index in [1.54, 1.807) is 6.07 Å². The molecule has 0 unspecified atom stereocenters. The van der Waals surface area contributed by atoms with E-state index in [2.05, 4.69) is 5.32 Å². The zero-order valence-electron chi connectivity index (χ0n) is 13.0. The Labute approximate surface area is 130 Å². The van der Waals surface area contributed by atoms with E-state index in [1.165, 1.54) is 11.8 Å². The fourth-order valence-electron chi connectivity index (χ4n) is 1.81. The van der Waals surface area contributed by atoms with Crippen LogP contribution in [-0.2, 0) is 9.59 Å². The van der Waals surface area contributed by atoms with Crippen molar-refractivity contribution in [2.75, 3.05) is 5.32 Å². The van der Waals surface area contributed by atoms with E-state index < -0.39 is 11.2 Å². The fourth-order valence-corrected chi connectivity index (χ4v) is 2.79. The number of benzene rings is 1. The number of thioether (sulfide) groups is 1. The zero-order valence-corrected chi connectivity index (χ0v) is 13.8. The van der Waals surface area contributed by atoms with Crippen molar-refractivity contribution < 1.29 is 14.7 Å². The number of aliphatic carboxylic acids is 1. The first kappa shape index (κ1) is 17.6. The molecular weight excluding hydrogens is 286 g/mol. The molecule has 21 heavy (non-hydrogen) atoms. The minimum Gasteiger partial charge on any atom is -0.480 e. The molecule has 0 aromatic heterocycles. The van der Waals surface area contributed by atoms with Crippen LogP contribution in [0.2, 0.25) is 0 Å². The van der Waals surface area contributed by atoms with Gasteiger partial charge in [-0.1, -0.05) is 39.8 Å². The Bertz CT molecular complexity index is 508. The molecule has 0 saturated carbocycles. The molecule has 1 aromatic rings. The predicted octanol–water partition coefficient (Wildman–Crippen LogP) is 4.02. The predicted molar refractivity (Wildman–Crippen MR) is 86.7 cm³/mol. The topological polar surface area (TPSA) is 66.4 Å². The highest BCUT2D eigenvalue weighted by molar-refractivity contribution is 8.00. The second-order valence-electron chi connectivity index (χ2n) is 6.13. The van der Waals surface area contributed by atoms with Crippen LogP contribution in [0.3, 0.4) is 0 Å². The summed E-state index contributed by atoms with van der Waals surface area (Å²) in [7, 11) is 0. The Morgan fingerprint density at radius 1 is 1.29 bits per heavy atom. The molecule has 1 aromatic carbocycles. The third kappa shape index (κ3) is 6.21. The van der Waals surface area contributed by atoms with Gasteiger partial charge in [-0.3, -0.25) is 9.59 Å². The maximum atomic E-state index is 12.0. The molecule has 0 saturated heterocycles. The molecule has 1 atom stereocenters. The van der Waals surface area contributed by atoms with Crippen LogP contribution in [0.25, 0.3) is 0 Å². The van der Waals surface area contributed by atoms with Gasteiger partial charge in [0.05, 0.1) is 5.69 Å². The highest BCUT2D eigenvalue weighted by Crippen LogP contribution is 2.32. The van der Waals surface area contributed by atoms with Gasteiger partial charge in [-0.15, -0.1) is 11.8 Å². The third-order valence-electron chi connectivity index (χ3n) is 2.77. The lowest BCUT2D eigenvalue weighted by Gasteiger charge is -2.19. The summed E-state index contributed by atoms with van der Waals surface area (Å²) in [5, 5.41) is 11.5. The molecule has 0 heterocycles. The Morgan fingerprint density at radius 3 is 2.43 bits per heavy atom. The van der Waals surface area contributed by atoms with Crippen LogP contribution in [-0.4, -0.2) is 22.2 Å². The normalized spacial score (nSPS) is 12.8. The maximum absolute atomic E-state index is 12.0. The van der Waals surface area contributed by atoms with Gasteiger partial charge in [-0.25, -0.2) is 0 Å². The second kappa shape index (κ2) is 7.50. The molecule has 4 nitrogen and oxygen atoms in total. The second-order valence-corrected chi connectivity index (χ2v) is 7.38. The number of amides is 1. The molecule has 0 fully saturated rings. The number of para-hydroxylation sites is 1. The standard InChI is InChI=1S/C16H23NO3S/c1-5-12(15(19)20)21-13-9-7-6-8-11(13)17-14(18)10-16(2,3)4/h6-9,12H,5,10H2,1-4H3,(H,17,18)(H,19,20)/t12-/m0/s1. The Hall–Kier alpha value is -1.49. The maximum Gasteiger partial charge on any atom is 0.316 e. The fraction of sp³-hybridized carbons (Fsp3) is 0.500. The van der Waals surface area contributed by atoms with Gasteiger partial charge in [0, 0.05) is 11.3 Å². The Morgan fingerprint density at radius 2 is 1.90 bits per heavy atom. The minimum atomic E-state index is -0.835. The van der Waals surface area contributed by atoms with E-state index in [1.807, 2.05) is 45.9 Å². The molecule has 0 bridgehead atoms. The number of anilines is 1. The SMILES string of the molecule is CC[C@H](Sc1ccccc1NC(=O)CC(C)(C)C)C(=O)O. The van der Waals surface area contributed by atoms with Crippen molar-refractivity contribution >= 4 is 29.3 Å². The van der Waals surface area contributed by atoms with E-state index in [0.29, 0.717) is 18.5 Å². The molecule has 116 valence electrons. The molecule has 2 N–H and O–H groups in total. The van der Waals surface area contributed by atoms with Crippen molar-refractivity contribution in [3.05, 3.63) is 24.3 Å². The lowest BCUT2D eigenvalue weighted by atomic mass is 9.92. The Balaban J connectivity index is 2.84. The van der Waals surface area contributed by atoms with Gasteiger partial charge < -0.3 is 10.4 Å². The van der Waals surface area contributed by atoms with Gasteiger partial charge in [-0.05, 0) is 24.0 Å². The van der Waals surface area contributed by atoms with Crippen molar-refractivity contribution in [3.63, 3.8) is 0 Å². The molecule has 0 radical (unpaired) electrons. The van der Waals surface area contributed by atoms with Crippen LogP contribution in [0.15, 0.2) is 29.2 Å². The molecule has 0 aliphatic heterocycles. The summed E-state index contributed by atoms with van der Waals surface area (Å²) >= 11 is 1.27. The van der Waals surface area contributed by atoms with Gasteiger partial charge in [-0.2, -0.15) is 0 Å². The monoisotopic (exact) mass is 309 g/mol. The summed E-state index contributed by atoms with van der Waals surface area (Å²) < 4.78 is 0. The number of carboxylic acids is 1. The van der Waals surface area contributed by atoms with Gasteiger partial charge >= 0.3 is 5.97 Å². The number of carbonyl (C=O) groups excluding carboxylic acids is 1. The molecule has 1 rings (SSSR count). The van der Waals surface area contributed by atoms with Gasteiger partial charge in [0.2, 0.25) is 5.91 Å². The van der Waals surface area contributed by atoms with E-state index in [9.17, 15) is 9.59 Å². The number of hydrogen-bond acceptors (Lipinski definition) is 3. The zero-order chi connectivity index (χ0) is 16.0. The van der Waals surface area contributed by atoms with Gasteiger partial charge in [0.1, 0.15) is 5.25 Å². The number of carboxylic acid groups (broad SMARTS) is 1. The summed E-state index contributed by atoms with van der Waals surface area (Å²) in [4.78, 5) is 24.0. The quantitative estimate of drug-likeness (QED) is 0.779. The first-order valence-corrected chi connectivity index (χ1v) is 7.89. The smallest absolute Gasteiger partial charge is 0.316 e. The summed E-state index contributed by atoms with van der Waals surface area (Å²) in [5.41, 5.74) is 0.593. The van der Waals surface area contributed by atoms with Crippen molar-refractivity contribution in [1.82, 2.24) is 0 Å². The van der Waals surface area contributed by atoms with Gasteiger partial charge in [0.25, 0.3) is 0 Å². The van der Waals surface area contributed by atoms with E-state index in [-0.39, 0.29) is 11.3 Å². The van der Waals surface area contributed by atoms with E-state index >= 15 is 0 Å². The third-order valence-corrected chi connectivity index (χ3v) is 4.20. The molecule has 0 aliphatic rings. The number of nitrogens with one attached hydrogen (secondary N) is 1. The van der Waals surface area contributed by atoms with Crippen molar-refractivity contribution in [3.8, 4) is 0 Å². The summed E-state index contributed by atoms with van der Waals surface area (Å²) in [6.45, 7) is 7.85. The number of hydrogen-bond donors (Lipinski definition) is 2. The van der Waals surface area contributed by atoms with Crippen LogP contribution in [0.5, 0.6) is 0 Å². The lowest BCUT2D eigenvalue weighted by molar-refractivity contribution is -0.136. The average molecular weight is 309 g/mol. The molecule has 0 spiro atoms. The first-order valence-electron chi connectivity index (χ1n) is 7.01. The molecule has 5 heteroatoms. The highest BCUT2D eigenvalue weighted by Gasteiger charge is 2.20. The van der Waals surface area contributed by atoms with Crippen molar-refractivity contribution in [2.24, 2.45) is 5.41 Å². The molecule has 1 amide bonds. The van der Waals surface area contributed by atoms with Crippen LogP contribution >= 0.6 is 11.8 Å². The van der Waals surface area contributed by atoms with Crippen LogP contribution in [0.4, 0.5) is 5.69 Å². The van der Waals surface area contributed by atoms with Crippen molar-refractivity contribution in [1.29, 1.82) is 0 Å². The van der Waals surface area contributed by atoms with Gasteiger partial charge in [0.15, 0.2) is 0 Å². The van der Waals surface area contributed by atoms with E-state index in [4.69, 9.17) is 5.11 Å². The minimum absolute atomic E-state index is 0.0566. The highest BCUT2D eigenvalue weighted by atomic mass is 32.2. The summed E-state index contributed by atoms with van der Waals surface area (Å²) in [6, 6.07) is 7.31. The largest absolute Gasteiger partial charge is 0.480 e. The lowest BCUT2D eigenvalue weighted by Crippen LogP contribution is -2.20. The Kier molecular flexibility index (Phi) is 6.27. The number of carbonyl (C=O) groups is 2. The summed E-state index contributed by atoms with van der Waals surface area (Å²) in [5.74, 6) is -0.891. The van der Waals surface area contributed by atoms with Crippen molar-refractivity contribution in [2.45, 2.75) is 50.7 Å². The van der Waals surface area contributed by atoms with Crippen LogP contribution < -0.4 is 5.32 Å². The summed E-state index contributed by atoms with van der Waals surface area (Å²) in [6.07, 6.45) is 0.951. The van der Waals surface area contributed by atoms with E-state index in [0.717, 1.165) is 4.90 Å². The number of rotatable bonds is 6. The van der Waals surface area contributed by atoms with Crippen LogP contribution in [0, 0.1) is 5.41 Å². The average Bonchev–Trinajstić information content (AvgIpc) is 2.34.